The summed E-state index contributed by atoms with van der Waals surface area (Å²) in [6, 6.07) is 10.5. The number of fused-ring (bicyclic) bond motifs is 2. The van der Waals surface area contributed by atoms with Crippen molar-refractivity contribution in [2.24, 2.45) is 0 Å². The third kappa shape index (κ3) is 2.55. The van der Waals surface area contributed by atoms with E-state index in [2.05, 4.69) is 23.5 Å². The summed E-state index contributed by atoms with van der Waals surface area (Å²) in [5, 5.41) is 3.61. The van der Waals surface area contributed by atoms with Gasteiger partial charge < -0.3 is 24.3 Å². The van der Waals surface area contributed by atoms with Gasteiger partial charge in [0.15, 0.2) is 23.0 Å². The highest BCUT2D eigenvalue weighted by Gasteiger charge is 2.26. The molecule has 0 saturated carbocycles. The minimum Gasteiger partial charge on any atom is -0.493 e. The first kappa shape index (κ1) is 15.1. The number of methoxy groups -OCH3 is 2. The summed E-state index contributed by atoms with van der Waals surface area (Å²) < 4.78 is 22.0. The SMILES string of the molecule is COc1cccc(CC2NCCc3cc4c(cc32)OCO4)c1OC. The van der Waals surface area contributed by atoms with Crippen LogP contribution in [0.5, 0.6) is 23.0 Å². The molecule has 0 radical (unpaired) electrons. The van der Waals surface area contributed by atoms with Gasteiger partial charge in [-0.05, 0) is 54.3 Å². The van der Waals surface area contributed by atoms with Crippen molar-refractivity contribution in [3.8, 4) is 23.0 Å². The Hall–Kier alpha value is -2.40. The number of hydrogen-bond donors (Lipinski definition) is 1. The van der Waals surface area contributed by atoms with E-state index in [-0.39, 0.29) is 6.04 Å². The number of benzene rings is 2. The van der Waals surface area contributed by atoms with Crippen LogP contribution in [0, 0.1) is 0 Å². The molecule has 0 spiro atoms. The Balaban J connectivity index is 1.68. The summed E-state index contributed by atoms with van der Waals surface area (Å²) in [5.41, 5.74) is 3.72. The predicted molar refractivity (Wildman–Crippen MR) is 90.3 cm³/mol. The third-order valence-electron chi connectivity index (χ3n) is 4.70. The van der Waals surface area contributed by atoms with Gasteiger partial charge in [-0.1, -0.05) is 12.1 Å². The molecule has 126 valence electrons. The topological polar surface area (TPSA) is 49.0 Å². The molecule has 5 heteroatoms. The molecule has 0 aliphatic carbocycles. The van der Waals surface area contributed by atoms with Gasteiger partial charge in [-0.2, -0.15) is 0 Å². The van der Waals surface area contributed by atoms with Crippen molar-refractivity contribution in [3.05, 3.63) is 47.0 Å². The van der Waals surface area contributed by atoms with Crippen molar-refractivity contribution in [2.75, 3.05) is 27.6 Å². The molecule has 0 amide bonds. The molecule has 5 nitrogen and oxygen atoms in total. The fourth-order valence-electron chi connectivity index (χ4n) is 3.55. The van der Waals surface area contributed by atoms with E-state index in [0.29, 0.717) is 6.79 Å². The van der Waals surface area contributed by atoms with Crippen LogP contribution >= 0.6 is 0 Å². The van der Waals surface area contributed by atoms with Gasteiger partial charge in [0.1, 0.15) is 0 Å². The predicted octanol–water partition coefficient (Wildman–Crippen LogP) is 2.86. The first-order valence-corrected chi connectivity index (χ1v) is 8.16. The lowest BCUT2D eigenvalue weighted by Crippen LogP contribution is -2.31. The lowest BCUT2D eigenvalue weighted by molar-refractivity contribution is 0.174. The van der Waals surface area contributed by atoms with E-state index < -0.39 is 0 Å². The second-order valence-corrected chi connectivity index (χ2v) is 6.02. The minimum atomic E-state index is 0.212. The number of nitrogens with one attached hydrogen (secondary N) is 1. The molecular weight excluding hydrogens is 306 g/mol. The number of para-hydroxylation sites is 1. The van der Waals surface area contributed by atoms with Crippen molar-refractivity contribution >= 4 is 0 Å². The summed E-state index contributed by atoms with van der Waals surface area (Å²) >= 11 is 0. The Bertz CT molecular complexity index is 759. The molecule has 1 N–H and O–H groups in total. The molecule has 0 saturated heterocycles. The Morgan fingerprint density at radius 1 is 1.12 bits per heavy atom. The van der Waals surface area contributed by atoms with Gasteiger partial charge in [0.05, 0.1) is 14.2 Å². The van der Waals surface area contributed by atoms with Crippen LogP contribution in [0.3, 0.4) is 0 Å². The lowest BCUT2D eigenvalue weighted by atomic mass is 9.89. The average molecular weight is 327 g/mol. The average Bonchev–Trinajstić information content (AvgIpc) is 3.07. The highest BCUT2D eigenvalue weighted by atomic mass is 16.7. The lowest BCUT2D eigenvalue weighted by Gasteiger charge is -2.28. The van der Waals surface area contributed by atoms with Gasteiger partial charge >= 0.3 is 0 Å². The second-order valence-electron chi connectivity index (χ2n) is 6.02. The van der Waals surface area contributed by atoms with Gasteiger partial charge in [0.2, 0.25) is 6.79 Å². The van der Waals surface area contributed by atoms with Gasteiger partial charge in [0, 0.05) is 6.04 Å². The summed E-state index contributed by atoms with van der Waals surface area (Å²) in [6.07, 6.45) is 1.82. The monoisotopic (exact) mass is 327 g/mol. The molecule has 1 unspecified atom stereocenters. The van der Waals surface area contributed by atoms with E-state index in [9.17, 15) is 0 Å². The van der Waals surface area contributed by atoms with Gasteiger partial charge in [-0.3, -0.25) is 0 Å². The van der Waals surface area contributed by atoms with Crippen LogP contribution in [0.4, 0.5) is 0 Å². The quantitative estimate of drug-likeness (QED) is 0.936. The van der Waals surface area contributed by atoms with Gasteiger partial charge in [-0.15, -0.1) is 0 Å². The molecule has 2 aliphatic heterocycles. The molecule has 0 bridgehead atoms. The maximum atomic E-state index is 5.57. The van der Waals surface area contributed by atoms with Crippen LogP contribution in [0.2, 0.25) is 0 Å². The zero-order valence-corrected chi connectivity index (χ0v) is 13.9. The highest BCUT2D eigenvalue weighted by molar-refractivity contribution is 5.52. The van der Waals surface area contributed by atoms with E-state index in [1.54, 1.807) is 14.2 Å². The fourth-order valence-corrected chi connectivity index (χ4v) is 3.55. The van der Waals surface area contributed by atoms with E-state index in [0.717, 1.165) is 47.9 Å². The van der Waals surface area contributed by atoms with Crippen molar-refractivity contribution in [3.63, 3.8) is 0 Å². The van der Waals surface area contributed by atoms with Crippen molar-refractivity contribution < 1.29 is 18.9 Å². The molecule has 2 heterocycles. The molecule has 2 aliphatic rings. The largest absolute Gasteiger partial charge is 0.493 e. The highest BCUT2D eigenvalue weighted by Crippen LogP contribution is 2.40. The smallest absolute Gasteiger partial charge is 0.231 e. The Kier molecular flexibility index (Phi) is 3.94. The zero-order chi connectivity index (χ0) is 16.5. The van der Waals surface area contributed by atoms with Crippen molar-refractivity contribution in [1.82, 2.24) is 5.32 Å². The van der Waals surface area contributed by atoms with Crippen LogP contribution in [0.15, 0.2) is 30.3 Å². The minimum absolute atomic E-state index is 0.212. The van der Waals surface area contributed by atoms with Crippen LogP contribution in [0.25, 0.3) is 0 Å². The molecule has 24 heavy (non-hydrogen) atoms. The number of hydrogen-bond acceptors (Lipinski definition) is 5. The Morgan fingerprint density at radius 3 is 2.75 bits per heavy atom. The van der Waals surface area contributed by atoms with Crippen molar-refractivity contribution in [2.45, 2.75) is 18.9 Å². The molecule has 4 rings (SSSR count). The summed E-state index contributed by atoms with van der Waals surface area (Å²) in [7, 11) is 3.35. The molecule has 0 aromatic heterocycles. The fraction of sp³-hybridized carbons (Fsp3) is 0.368. The van der Waals surface area contributed by atoms with E-state index in [4.69, 9.17) is 18.9 Å². The van der Waals surface area contributed by atoms with Gasteiger partial charge in [-0.25, -0.2) is 0 Å². The molecule has 2 aromatic rings. The number of ether oxygens (including phenoxy) is 4. The normalized spacial score (nSPS) is 18.2. The van der Waals surface area contributed by atoms with Gasteiger partial charge in [0.25, 0.3) is 0 Å². The third-order valence-corrected chi connectivity index (χ3v) is 4.70. The molecule has 0 fully saturated rings. The van der Waals surface area contributed by atoms with E-state index in [1.807, 2.05) is 12.1 Å². The summed E-state index contributed by atoms with van der Waals surface area (Å²) in [5.74, 6) is 3.25. The van der Waals surface area contributed by atoms with Crippen LogP contribution < -0.4 is 24.3 Å². The van der Waals surface area contributed by atoms with Crippen LogP contribution in [0.1, 0.15) is 22.7 Å². The second kappa shape index (κ2) is 6.24. The first-order valence-electron chi connectivity index (χ1n) is 8.16. The maximum absolute atomic E-state index is 5.57. The maximum Gasteiger partial charge on any atom is 0.231 e. The summed E-state index contributed by atoms with van der Waals surface area (Å²) in [6.45, 7) is 1.25. The first-order chi connectivity index (χ1) is 11.8. The standard InChI is InChI=1S/C19H21NO4/c1-21-16-5-3-4-13(19(16)22-2)8-15-14-10-18-17(23-11-24-18)9-12(14)6-7-20-15/h3-5,9-10,15,20H,6-8,11H2,1-2H3. The molecule has 2 aromatic carbocycles. The molecule has 1 atom stereocenters. The van der Waals surface area contributed by atoms with Crippen LogP contribution in [-0.2, 0) is 12.8 Å². The van der Waals surface area contributed by atoms with Crippen molar-refractivity contribution in [1.29, 1.82) is 0 Å². The Morgan fingerprint density at radius 2 is 1.96 bits per heavy atom. The summed E-state index contributed by atoms with van der Waals surface area (Å²) in [4.78, 5) is 0. The number of rotatable bonds is 4. The van der Waals surface area contributed by atoms with Crippen LogP contribution in [-0.4, -0.2) is 27.6 Å². The van der Waals surface area contributed by atoms with E-state index >= 15 is 0 Å². The zero-order valence-electron chi connectivity index (χ0n) is 13.9. The Labute approximate surface area is 141 Å². The van der Waals surface area contributed by atoms with E-state index in [1.165, 1.54) is 11.1 Å². The molecular formula is C19H21NO4.